The molecule has 0 aliphatic heterocycles. The van der Waals surface area contributed by atoms with Gasteiger partial charge in [0, 0.05) is 32.6 Å². The van der Waals surface area contributed by atoms with Crippen molar-refractivity contribution in [1.82, 2.24) is 0 Å². The summed E-state index contributed by atoms with van der Waals surface area (Å²) in [6.07, 6.45) is -5.36. The van der Waals surface area contributed by atoms with Crippen LogP contribution in [0.5, 0.6) is 0 Å². The fourth-order valence-corrected chi connectivity index (χ4v) is 5.83. The first kappa shape index (κ1) is 31.9. The predicted molar refractivity (Wildman–Crippen MR) is 163 cm³/mol. The first-order valence-corrected chi connectivity index (χ1v) is 14.2. The fraction of sp³-hybridized carbons (Fsp3) is 0.278. The zero-order chi connectivity index (χ0) is 31.1. The Morgan fingerprint density at radius 3 is 1.37 bits per heavy atom. The van der Waals surface area contributed by atoms with Gasteiger partial charge in [0.2, 0.25) is 5.78 Å². The van der Waals surface area contributed by atoms with Crippen LogP contribution in [0.2, 0.25) is 0 Å². The minimum Gasteiger partial charge on any atom is -0.390 e. The average Bonchev–Trinajstić information content (AvgIpc) is 3.01. The molecule has 0 heterocycles. The van der Waals surface area contributed by atoms with Gasteiger partial charge in [-0.05, 0) is 22.3 Å². The summed E-state index contributed by atoms with van der Waals surface area (Å²) in [7, 11) is 0. The van der Waals surface area contributed by atoms with Crippen molar-refractivity contribution in [3.8, 4) is 0 Å². The van der Waals surface area contributed by atoms with Gasteiger partial charge < -0.3 is 25.5 Å². The van der Waals surface area contributed by atoms with Crippen LogP contribution in [0.4, 0.5) is 0 Å². The molecule has 5 atom stereocenters. The van der Waals surface area contributed by atoms with Gasteiger partial charge in [-0.2, -0.15) is 0 Å². The van der Waals surface area contributed by atoms with Gasteiger partial charge in [0.15, 0.2) is 11.4 Å². The van der Waals surface area contributed by atoms with E-state index in [1.165, 1.54) is 0 Å². The molecule has 43 heavy (non-hydrogen) atoms. The summed E-state index contributed by atoms with van der Waals surface area (Å²) in [5.41, 5.74) is -6.63. The monoisotopic (exact) mass is 582 g/mol. The first-order chi connectivity index (χ1) is 20.5. The van der Waals surface area contributed by atoms with E-state index < -0.39 is 59.8 Å². The molecule has 224 valence electrons. The van der Waals surface area contributed by atoms with E-state index >= 15 is 0 Å². The number of carbonyl (C=O) groups is 2. The molecule has 4 rings (SSSR count). The lowest BCUT2D eigenvalue weighted by molar-refractivity contribution is -0.276. The van der Waals surface area contributed by atoms with E-state index in [-0.39, 0.29) is 6.42 Å². The van der Waals surface area contributed by atoms with Crippen molar-refractivity contribution < 1.29 is 35.1 Å². The van der Waals surface area contributed by atoms with E-state index in [2.05, 4.69) is 0 Å². The molecular formula is C36H38O7. The van der Waals surface area contributed by atoms with Crippen LogP contribution in [0.25, 0.3) is 0 Å². The second-order valence-electron chi connectivity index (χ2n) is 11.2. The Morgan fingerprint density at radius 1 is 0.581 bits per heavy atom. The number of carbonyl (C=O) groups excluding carboxylic acids is 2. The van der Waals surface area contributed by atoms with Crippen LogP contribution in [-0.4, -0.2) is 66.1 Å². The Labute approximate surface area is 251 Å². The highest BCUT2D eigenvalue weighted by Crippen LogP contribution is 2.44. The van der Waals surface area contributed by atoms with E-state index in [1.807, 2.05) is 0 Å². The second kappa shape index (κ2) is 13.5. The molecule has 0 saturated carbocycles. The maximum Gasteiger partial charge on any atom is 0.232 e. The molecule has 5 N–H and O–H groups in total. The van der Waals surface area contributed by atoms with Crippen molar-refractivity contribution in [3.05, 3.63) is 144 Å². The lowest BCUT2D eigenvalue weighted by atomic mass is 9.59. The van der Waals surface area contributed by atoms with Gasteiger partial charge >= 0.3 is 0 Å². The quantitative estimate of drug-likeness (QED) is 0.144. The summed E-state index contributed by atoms with van der Waals surface area (Å²) in [6.45, 7) is 0.984. The van der Waals surface area contributed by atoms with Gasteiger partial charge in [-0.25, -0.2) is 0 Å². The van der Waals surface area contributed by atoms with Crippen molar-refractivity contribution >= 4 is 11.6 Å². The van der Waals surface area contributed by atoms with Gasteiger partial charge in [0.1, 0.15) is 17.3 Å². The van der Waals surface area contributed by atoms with Crippen LogP contribution < -0.4 is 0 Å². The third-order valence-corrected chi connectivity index (χ3v) is 8.16. The number of rotatable bonds is 14. The molecule has 4 aromatic carbocycles. The highest BCUT2D eigenvalue weighted by molar-refractivity contribution is 6.39. The van der Waals surface area contributed by atoms with E-state index in [0.29, 0.717) is 22.3 Å². The van der Waals surface area contributed by atoms with Crippen LogP contribution >= 0.6 is 0 Å². The summed E-state index contributed by atoms with van der Waals surface area (Å²) in [6, 6.07) is 34.0. The number of ketones is 2. The van der Waals surface area contributed by atoms with Gasteiger partial charge in [0.25, 0.3) is 0 Å². The Bertz CT molecular complexity index is 1480. The first-order valence-electron chi connectivity index (χ1n) is 14.2. The number of hydrogen-bond donors (Lipinski definition) is 5. The van der Waals surface area contributed by atoms with Gasteiger partial charge in [-0.1, -0.05) is 121 Å². The van der Waals surface area contributed by atoms with E-state index in [9.17, 15) is 35.1 Å². The summed E-state index contributed by atoms with van der Waals surface area (Å²) >= 11 is 0. The Morgan fingerprint density at radius 2 is 0.953 bits per heavy atom. The standard InChI is InChI=1S/C36H38O7/c1-26(37)32(39)34(41,23-28-16-8-3-9-17-28)36(43,25-30-20-12-5-13-21-30)35(42,24-29-18-10-4-11-19-29)33(40)31(38)22-27-14-6-2-7-15-27/h2-21,31,33,38,40-43H,22-25H2,1H3/t31?,33-,34+,35-,36-/m1/s1. The number of aliphatic hydroxyl groups excluding tert-OH is 2. The molecule has 0 aliphatic rings. The number of hydrogen-bond acceptors (Lipinski definition) is 7. The molecule has 4 aromatic rings. The van der Waals surface area contributed by atoms with Gasteiger partial charge in [-0.3, -0.25) is 9.59 Å². The zero-order valence-electron chi connectivity index (χ0n) is 24.1. The lowest BCUT2D eigenvalue weighted by Gasteiger charge is -2.54. The Balaban J connectivity index is 1.96. The minimum atomic E-state index is -2.92. The van der Waals surface area contributed by atoms with Crippen LogP contribution in [0.3, 0.4) is 0 Å². The maximum absolute atomic E-state index is 13.8. The smallest absolute Gasteiger partial charge is 0.232 e. The summed E-state index contributed by atoms with van der Waals surface area (Å²) < 4.78 is 0. The van der Waals surface area contributed by atoms with Crippen molar-refractivity contribution in [2.75, 3.05) is 0 Å². The predicted octanol–water partition coefficient (Wildman–Crippen LogP) is 3.03. The molecule has 0 fully saturated rings. The summed E-state index contributed by atoms with van der Waals surface area (Å²) in [4.78, 5) is 26.5. The fourth-order valence-electron chi connectivity index (χ4n) is 5.83. The SMILES string of the molecule is CC(=O)C(=O)[C@@](O)(Cc1ccccc1)[C@](O)(Cc1ccccc1)[C@@](O)(Cc1ccccc1)[C@H](O)C(O)Cc1ccccc1. The van der Waals surface area contributed by atoms with E-state index in [1.54, 1.807) is 121 Å². The van der Waals surface area contributed by atoms with Crippen LogP contribution in [0.15, 0.2) is 121 Å². The summed E-state index contributed by atoms with van der Waals surface area (Å²) in [5, 5.41) is 61.3. The number of Topliss-reactive ketones (excluding diaryl/α,β-unsaturated/α-hetero) is 2. The normalized spacial score (nSPS) is 17.1. The van der Waals surface area contributed by atoms with Crippen molar-refractivity contribution in [1.29, 1.82) is 0 Å². The van der Waals surface area contributed by atoms with E-state index in [0.717, 1.165) is 6.92 Å². The molecule has 0 aliphatic carbocycles. The second-order valence-corrected chi connectivity index (χ2v) is 11.2. The number of benzene rings is 4. The molecule has 7 heteroatoms. The third-order valence-electron chi connectivity index (χ3n) is 8.16. The largest absolute Gasteiger partial charge is 0.390 e. The van der Waals surface area contributed by atoms with Crippen LogP contribution in [0.1, 0.15) is 29.2 Å². The highest BCUT2D eigenvalue weighted by atomic mass is 16.4. The molecule has 1 unspecified atom stereocenters. The maximum atomic E-state index is 13.8. The molecular weight excluding hydrogens is 544 g/mol. The molecule has 0 saturated heterocycles. The Kier molecular flexibility index (Phi) is 10.1. The highest BCUT2D eigenvalue weighted by Gasteiger charge is 2.68. The molecule has 0 bridgehead atoms. The van der Waals surface area contributed by atoms with Crippen molar-refractivity contribution in [2.24, 2.45) is 0 Å². The zero-order valence-corrected chi connectivity index (χ0v) is 24.1. The molecule has 0 spiro atoms. The Hall–Kier alpha value is -3.98. The van der Waals surface area contributed by atoms with Gasteiger partial charge in [0.05, 0.1) is 6.10 Å². The molecule has 0 aromatic heterocycles. The molecule has 0 amide bonds. The lowest BCUT2D eigenvalue weighted by Crippen LogP contribution is -2.78. The topological polar surface area (TPSA) is 135 Å². The number of aliphatic hydroxyl groups is 5. The van der Waals surface area contributed by atoms with Crippen LogP contribution in [-0.2, 0) is 35.3 Å². The molecule has 0 radical (unpaired) electrons. The van der Waals surface area contributed by atoms with E-state index in [4.69, 9.17) is 0 Å². The van der Waals surface area contributed by atoms with Crippen molar-refractivity contribution in [2.45, 2.75) is 61.6 Å². The summed E-state index contributed by atoms with van der Waals surface area (Å²) in [5.74, 6) is -2.36. The third kappa shape index (κ3) is 6.82. The van der Waals surface area contributed by atoms with Crippen LogP contribution in [0, 0.1) is 0 Å². The van der Waals surface area contributed by atoms with Gasteiger partial charge in [-0.15, -0.1) is 0 Å². The minimum absolute atomic E-state index is 0.0989. The average molecular weight is 583 g/mol. The molecule has 7 nitrogen and oxygen atoms in total. The van der Waals surface area contributed by atoms with Crippen molar-refractivity contribution in [3.63, 3.8) is 0 Å².